The molecule has 0 aromatic carbocycles. The van der Waals surface area contributed by atoms with Gasteiger partial charge < -0.3 is 10.3 Å². The van der Waals surface area contributed by atoms with Gasteiger partial charge in [-0.1, -0.05) is 11.6 Å². The fraction of sp³-hybridized carbons (Fsp3) is 0.300. The number of nitrogens with two attached hydrogens (primary N) is 1. The van der Waals surface area contributed by atoms with Gasteiger partial charge in [-0.2, -0.15) is 9.97 Å². The molecule has 0 saturated carbocycles. The number of imidazole rings is 1. The number of nitrogen functional groups attached to an aromatic ring is 1. The molecule has 0 spiro atoms. The second kappa shape index (κ2) is 7.36. The summed E-state index contributed by atoms with van der Waals surface area (Å²) in [6.07, 6.45) is 5.72. The Kier molecular flexibility index (Phi) is 4.87. The lowest BCUT2D eigenvalue weighted by Gasteiger charge is -2.10. The van der Waals surface area contributed by atoms with Crippen LogP contribution in [0, 0.1) is 20.8 Å². The molecule has 8 nitrogen and oxygen atoms in total. The molecule has 0 amide bonds. The molecule has 4 heterocycles. The number of aryl methyl sites for hydroxylation is 3. The Hall–Kier alpha value is -3.13. The summed E-state index contributed by atoms with van der Waals surface area (Å²) >= 11 is 6.37. The summed E-state index contributed by atoms with van der Waals surface area (Å²) in [6, 6.07) is 3.88. The van der Waals surface area contributed by atoms with Crippen LogP contribution in [-0.2, 0) is 19.6 Å². The molecule has 4 aromatic rings. The van der Waals surface area contributed by atoms with E-state index in [9.17, 15) is 4.79 Å². The number of nitrogens with zero attached hydrogens (tertiary/aromatic N) is 6. The number of hydrogen-bond acceptors (Lipinski definition) is 5. The van der Waals surface area contributed by atoms with Crippen molar-refractivity contribution in [1.82, 2.24) is 28.7 Å². The van der Waals surface area contributed by atoms with E-state index in [0.717, 1.165) is 22.4 Å². The molecule has 0 radical (unpaired) electrons. The number of rotatable bonds is 5. The van der Waals surface area contributed by atoms with Crippen LogP contribution in [0.15, 0.2) is 35.5 Å². The van der Waals surface area contributed by atoms with Crippen LogP contribution in [0.4, 0.5) is 5.95 Å². The zero-order valence-electron chi connectivity index (χ0n) is 16.6. The Morgan fingerprint density at radius 2 is 1.76 bits per heavy atom. The molecule has 0 unspecified atom stereocenters. The minimum atomic E-state index is -0.214. The number of anilines is 1. The Balaban J connectivity index is 1.84. The van der Waals surface area contributed by atoms with Crippen molar-refractivity contribution in [2.45, 2.75) is 40.4 Å². The lowest BCUT2D eigenvalue weighted by molar-refractivity contribution is 0.564. The van der Waals surface area contributed by atoms with Crippen molar-refractivity contribution in [3.05, 3.63) is 68.7 Å². The number of aromatic nitrogens is 6. The van der Waals surface area contributed by atoms with Gasteiger partial charge in [-0.05, 0) is 49.6 Å². The van der Waals surface area contributed by atoms with E-state index in [0.29, 0.717) is 24.3 Å². The zero-order valence-corrected chi connectivity index (χ0v) is 17.3. The minimum absolute atomic E-state index is 0.0311. The normalized spacial score (nSPS) is 11.4. The van der Waals surface area contributed by atoms with E-state index in [4.69, 9.17) is 17.3 Å². The second-order valence-electron chi connectivity index (χ2n) is 7.12. The predicted octanol–water partition coefficient (Wildman–Crippen LogP) is 2.70. The van der Waals surface area contributed by atoms with Gasteiger partial charge in [-0.3, -0.25) is 14.1 Å². The van der Waals surface area contributed by atoms with Crippen molar-refractivity contribution in [2.24, 2.45) is 0 Å². The van der Waals surface area contributed by atoms with Crippen LogP contribution in [0.25, 0.3) is 11.2 Å². The first-order valence-electron chi connectivity index (χ1n) is 9.31. The van der Waals surface area contributed by atoms with Crippen molar-refractivity contribution in [3.8, 4) is 0 Å². The molecule has 4 rings (SSSR count). The lowest BCUT2D eigenvalue weighted by Crippen LogP contribution is -2.26. The molecule has 0 bridgehead atoms. The van der Waals surface area contributed by atoms with Gasteiger partial charge in [0.1, 0.15) is 5.52 Å². The maximum absolute atomic E-state index is 13.3. The Labute approximate surface area is 172 Å². The highest BCUT2D eigenvalue weighted by Gasteiger charge is 2.20. The van der Waals surface area contributed by atoms with Gasteiger partial charge >= 0.3 is 5.69 Å². The smallest absolute Gasteiger partial charge is 0.330 e. The molecule has 0 aliphatic heterocycles. The average molecular weight is 412 g/mol. The van der Waals surface area contributed by atoms with E-state index in [-0.39, 0.29) is 23.3 Å². The number of fused-ring (bicyclic) bond motifs is 1. The van der Waals surface area contributed by atoms with Crippen molar-refractivity contribution in [3.63, 3.8) is 0 Å². The monoisotopic (exact) mass is 411 g/mol. The molecule has 0 atom stereocenters. The summed E-state index contributed by atoms with van der Waals surface area (Å²) in [5, 5.41) is 0.167. The topological polar surface area (TPSA) is 96.5 Å². The van der Waals surface area contributed by atoms with Gasteiger partial charge in [0.15, 0.2) is 10.8 Å². The highest BCUT2D eigenvalue weighted by Crippen LogP contribution is 2.22. The van der Waals surface area contributed by atoms with E-state index >= 15 is 0 Å². The maximum atomic E-state index is 13.3. The third kappa shape index (κ3) is 3.40. The first-order chi connectivity index (χ1) is 13.9. The van der Waals surface area contributed by atoms with Crippen LogP contribution in [-0.4, -0.2) is 28.7 Å². The van der Waals surface area contributed by atoms with Crippen LogP contribution in [0.2, 0.25) is 5.15 Å². The fourth-order valence-corrected chi connectivity index (χ4v) is 3.73. The first-order valence-corrected chi connectivity index (χ1v) is 9.69. The van der Waals surface area contributed by atoms with Crippen LogP contribution in [0.1, 0.15) is 22.4 Å². The summed E-state index contributed by atoms with van der Waals surface area (Å²) in [7, 11) is 0. The molecule has 9 heteroatoms. The summed E-state index contributed by atoms with van der Waals surface area (Å²) in [6.45, 7) is 7.42. The van der Waals surface area contributed by atoms with Gasteiger partial charge in [0.2, 0.25) is 5.95 Å². The molecular weight excluding hydrogens is 390 g/mol. The number of hydrogen-bond donors (Lipinski definition) is 1. The average Bonchev–Trinajstić information content (AvgIpc) is 3.28. The van der Waals surface area contributed by atoms with Gasteiger partial charge in [-0.25, -0.2) is 4.79 Å². The van der Waals surface area contributed by atoms with Crippen LogP contribution < -0.4 is 11.4 Å². The van der Waals surface area contributed by atoms with Gasteiger partial charge in [0.05, 0.1) is 12.2 Å². The van der Waals surface area contributed by atoms with Crippen molar-refractivity contribution >= 4 is 28.7 Å². The summed E-state index contributed by atoms with van der Waals surface area (Å²) in [5.74, 6) is 0.0311. The van der Waals surface area contributed by atoms with Gasteiger partial charge in [0.25, 0.3) is 0 Å². The first kappa shape index (κ1) is 19.2. The Bertz CT molecular complexity index is 1250. The summed E-state index contributed by atoms with van der Waals surface area (Å²) in [5.41, 5.74) is 10.6. The van der Waals surface area contributed by atoms with Crippen molar-refractivity contribution in [2.75, 3.05) is 5.73 Å². The van der Waals surface area contributed by atoms with E-state index in [2.05, 4.69) is 21.9 Å². The molecule has 0 aliphatic rings. The summed E-state index contributed by atoms with van der Waals surface area (Å²) in [4.78, 5) is 26.2. The molecule has 0 saturated heterocycles. The Morgan fingerprint density at radius 1 is 1.03 bits per heavy atom. The van der Waals surface area contributed by atoms with Crippen molar-refractivity contribution < 1.29 is 0 Å². The molecule has 29 heavy (non-hydrogen) atoms. The highest BCUT2D eigenvalue weighted by molar-refractivity contribution is 6.33. The van der Waals surface area contributed by atoms with Gasteiger partial charge in [-0.15, -0.1) is 0 Å². The molecule has 2 N–H and O–H groups in total. The lowest BCUT2D eigenvalue weighted by atomic mass is 10.0. The van der Waals surface area contributed by atoms with Crippen LogP contribution in [0.5, 0.6) is 0 Å². The second-order valence-corrected chi connectivity index (χ2v) is 7.48. The molecule has 4 aromatic heterocycles. The number of pyridine rings is 1. The largest absolute Gasteiger partial charge is 0.368 e. The number of halogens is 1. The predicted molar refractivity (Wildman–Crippen MR) is 113 cm³/mol. The van der Waals surface area contributed by atoms with Crippen molar-refractivity contribution in [1.29, 1.82) is 0 Å². The van der Waals surface area contributed by atoms with E-state index in [1.807, 2.05) is 49.1 Å². The van der Waals surface area contributed by atoms with E-state index in [1.165, 1.54) is 0 Å². The highest BCUT2D eigenvalue weighted by atomic mass is 35.5. The fourth-order valence-electron chi connectivity index (χ4n) is 3.46. The standard InChI is InChI=1S/C20H22ClN7O/c1-12-10-23-15(14(3)13(12)2)11-28-18-16(17(21)24-19(22)25-18)27(20(28)29)9-8-26-6-4-5-7-26/h4-7,10H,8-9,11H2,1-3H3,(H2,22,24,25). The third-order valence-electron chi connectivity index (χ3n) is 5.38. The van der Waals surface area contributed by atoms with Crippen LogP contribution in [0.3, 0.4) is 0 Å². The van der Waals surface area contributed by atoms with Crippen LogP contribution >= 0.6 is 11.6 Å². The molecule has 0 aliphatic carbocycles. The summed E-state index contributed by atoms with van der Waals surface area (Å²) < 4.78 is 5.17. The third-order valence-corrected chi connectivity index (χ3v) is 5.65. The molecule has 0 fully saturated rings. The van der Waals surface area contributed by atoms with Gasteiger partial charge in [0, 0.05) is 31.7 Å². The molecular formula is C20H22ClN7O. The maximum Gasteiger partial charge on any atom is 0.330 e. The Morgan fingerprint density at radius 3 is 2.48 bits per heavy atom. The minimum Gasteiger partial charge on any atom is -0.368 e. The van der Waals surface area contributed by atoms with E-state index < -0.39 is 0 Å². The SMILES string of the molecule is Cc1cnc(Cn2c(=O)n(CCn3cccc3)c3c(Cl)nc(N)nc32)c(C)c1C. The zero-order chi connectivity index (χ0) is 20.7. The van der Waals surface area contributed by atoms with E-state index in [1.54, 1.807) is 9.13 Å². The molecule has 150 valence electrons. The quantitative estimate of drug-likeness (QED) is 0.509.